The largest absolute Gasteiger partial charge is 0.348 e. The highest BCUT2D eigenvalue weighted by atomic mass is 32.2. The molecular formula is C19H22N2OS. The van der Waals surface area contributed by atoms with Crippen LogP contribution in [0.5, 0.6) is 0 Å². The van der Waals surface area contributed by atoms with Crippen LogP contribution in [0.25, 0.3) is 0 Å². The van der Waals surface area contributed by atoms with E-state index in [0.717, 1.165) is 37.2 Å². The smallest absolute Gasteiger partial charge is 0.251 e. The molecule has 23 heavy (non-hydrogen) atoms. The maximum absolute atomic E-state index is 12.3. The molecule has 1 aliphatic heterocycles. The minimum absolute atomic E-state index is 0.0262. The Bertz CT molecular complexity index is 622. The summed E-state index contributed by atoms with van der Waals surface area (Å²) in [5.41, 5.74) is 2.05. The van der Waals surface area contributed by atoms with Gasteiger partial charge in [-0.05, 0) is 49.2 Å². The van der Waals surface area contributed by atoms with Gasteiger partial charge in [0.2, 0.25) is 0 Å². The van der Waals surface area contributed by atoms with Crippen LogP contribution in [-0.2, 0) is 5.75 Å². The molecule has 1 aliphatic rings. The highest BCUT2D eigenvalue weighted by molar-refractivity contribution is 7.98. The lowest BCUT2D eigenvalue weighted by Gasteiger charge is -2.23. The van der Waals surface area contributed by atoms with E-state index in [2.05, 4.69) is 34.9 Å². The molecule has 0 unspecified atom stereocenters. The number of carbonyl (C=O) groups is 1. The molecule has 2 N–H and O–H groups in total. The molecule has 1 saturated heterocycles. The topological polar surface area (TPSA) is 41.1 Å². The number of benzene rings is 2. The van der Waals surface area contributed by atoms with E-state index in [-0.39, 0.29) is 11.9 Å². The van der Waals surface area contributed by atoms with Crippen LogP contribution in [0.3, 0.4) is 0 Å². The minimum atomic E-state index is 0.0262. The van der Waals surface area contributed by atoms with Gasteiger partial charge in [0.15, 0.2) is 0 Å². The number of piperidine rings is 1. The van der Waals surface area contributed by atoms with Crippen molar-refractivity contribution in [1.82, 2.24) is 10.6 Å². The van der Waals surface area contributed by atoms with Gasteiger partial charge < -0.3 is 10.6 Å². The van der Waals surface area contributed by atoms with E-state index in [1.807, 2.05) is 30.3 Å². The molecule has 2 aromatic carbocycles. The van der Waals surface area contributed by atoms with E-state index in [1.165, 1.54) is 10.5 Å². The normalized spacial score (nSPS) is 17.7. The van der Waals surface area contributed by atoms with Crippen LogP contribution in [0.15, 0.2) is 59.5 Å². The van der Waals surface area contributed by atoms with Gasteiger partial charge in [0.1, 0.15) is 0 Å². The standard InChI is InChI=1S/C19H22N2OS/c22-19(21-17-7-4-12-20-13-17)16-8-10-18(11-9-16)23-14-15-5-2-1-3-6-15/h1-3,5-6,8-11,17,20H,4,7,12-14H2,(H,21,22)/t17-/m0/s1. The fourth-order valence-corrected chi connectivity index (χ4v) is 3.54. The third-order valence-corrected chi connectivity index (χ3v) is 5.08. The number of carbonyl (C=O) groups excluding carboxylic acids is 1. The fourth-order valence-electron chi connectivity index (χ4n) is 2.69. The Kier molecular flexibility index (Phi) is 5.72. The Morgan fingerprint density at radius 1 is 1.13 bits per heavy atom. The van der Waals surface area contributed by atoms with Gasteiger partial charge in [0.25, 0.3) is 5.91 Å². The van der Waals surface area contributed by atoms with E-state index in [1.54, 1.807) is 11.8 Å². The number of rotatable bonds is 5. The summed E-state index contributed by atoms with van der Waals surface area (Å²) in [6, 6.07) is 18.6. The van der Waals surface area contributed by atoms with Gasteiger partial charge in [-0.3, -0.25) is 4.79 Å². The molecule has 3 nitrogen and oxygen atoms in total. The van der Waals surface area contributed by atoms with E-state index in [4.69, 9.17) is 0 Å². The third-order valence-electron chi connectivity index (χ3n) is 4.00. The molecular weight excluding hydrogens is 304 g/mol. The lowest BCUT2D eigenvalue weighted by atomic mass is 10.1. The van der Waals surface area contributed by atoms with Crippen LogP contribution in [0.2, 0.25) is 0 Å². The Morgan fingerprint density at radius 3 is 2.61 bits per heavy atom. The summed E-state index contributed by atoms with van der Waals surface area (Å²) in [7, 11) is 0. The lowest BCUT2D eigenvalue weighted by molar-refractivity contribution is 0.0930. The summed E-state index contributed by atoms with van der Waals surface area (Å²) < 4.78 is 0. The van der Waals surface area contributed by atoms with Crippen molar-refractivity contribution in [2.24, 2.45) is 0 Å². The summed E-state index contributed by atoms with van der Waals surface area (Å²) >= 11 is 1.79. The van der Waals surface area contributed by atoms with Crippen LogP contribution in [0.1, 0.15) is 28.8 Å². The van der Waals surface area contributed by atoms with E-state index in [0.29, 0.717) is 0 Å². The lowest BCUT2D eigenvalue weighted by Crippen LogP contribution is -2.45. The first-order valence-electron chi connectivity index (χ1n) is 8.09. The van der Waals surface area contributed by atoms with Crippen molar-refractivity contribution >= 4 is 17.7 Å². The van der Waals surface area contributed by atoms with Crippen LogP contribution >= 0.6 is 11.8 Å². The molecule has 4 heteroatoms. The fraction of sp³-hybridized carbons (Fsp3) is 0.316. The van der Waals surface area contributed by atoms with Crippen molar-refractivity contribution in [3.8, 4) is 0 Å². The van der Waals surface area contributed by atoms with Gasteiger partial charge in [-0.15, -0.1) is 11.8 Å². The van der Waals surface area contributed by atoms with Crippen molar-refractivity contribution in [2.45, 2.75) is 29.5 Å². The van der Waals surface area contributed by atoms with Gasteiger partial charge in [0, 0.05) is 28.8 Å². The van der Waals surface area contributed by atoms with Gasteiger partial charge >= 0.3 is 0 Å². The second kappa shape index (κ2) is 8.18. The third kappa shape index (κ3) is 4.85. The molecule has 0 radical (unpaired) electrons. The van der Waals surface area contributed by atoms with Crippen molar-refractivity contribution in [1.29, 1.82) is 0 Å². The Labute approximate surface area is 141 Å². The SMILES string of the molecule is O=C(N[C@H]1CCCNC1)c1ccc(SCc2ccccc2)cc1. The Morgan fingerprint density at radius 2 is 1.91 bits per heavy atom. The second-order valence-corrected chi connectivity index (χ2v) is 6.86. The van der Waals surface area contributed by atoms with Crippen molar-refractivity contribution in [2.75, 3.05) is 13.1 Å². The zero-order chi connectivity index (χ0) is 15.9. The monoisotopic (exact) mass is 326 g/mol. The summed E-state index contributed by atoms with van der Waals surface area (Å²) in [5.74, 6) is 0.971. The van der Waals surface area contributed by atoms with Gasteiger partial charge in [0.05, 0.1) is 0 Å². The molecule has 3 rings (SSSR count). The Balaban J connectivity index is 1.52. The highest BCUT2D eigenvalue weighted by Crippen LogP contribution is 2.23. The molecule has 1 fully saturated rings. The summed E-state index contributed by atoms with van der Waals surface area (Å²) in [6.07, 6.45) is 2.18. The van der Waals surface area contributed by atoms with Gasteiger partial charge in [-0.1, -0.05) is 30.3 Å². The van der Waals surface area contributed by atoms with Crippen LogP contribution < -0.4 is 10.6 Å². The second-order valence-electron chi connectivity index (χ2n) is 5.82. The summed E-state index contributed by atoms with van der Waals surface area (Å²) in [6.45, 7) is 1.93. The molecule has 0 spiro atoms. The first-order chi connectivity index (χ1) is 11.3. The number of thioether (sulfide) groups is 1. The summed E-state index contributed by atoms with van der Waals surface area (Å²) in [4.78, 5) is 13.4. The summed E-state index contributed by atoms with van der Waals surface area (Å²) in [5, 5.41) is 6.42. The number of hydrogen-bond donors (Lipinski definition) is 2. The quantitative estimate of drug-likeness (QED) is 0.827. The molecule has 120 valence electrons. The zero-order valence-electron chi connectivity index (χ0n) is 13.1. The number of amides is 1. The maximum atomic E-state index is 12.3. The molecule has 0 saturated carbocycles. The molecule has 0 aliphatic carbocycles. The number of hydrogen-bond acceptors (Lipinski definition) is 3. The maximum Gasteiger partial charge on any atom is 0.251 e. The molecule has 1 heterocycles. The van der Waals surface area contributed by atoms with E-state index in [9.17, 15) is 4.79 Å². The van der Waals surface area contributed by atoms with Crippen LogP contribution in [-0.4, -0.2) is 25.0 Å². The predicted octanol–water partition coefficient (Wildman–Crippen LogP) is 3.46. The van der Waals surface area contributed by atoms with Gasteiger partial charge in [-0.2, -0.15) is 0 Å². The first kappa shape index (κ1) is 16.1. The van der Waals surface area contributed by atoms with Crippen LogP contribution in [0.4, 0.5) is 0 Å². The van der Waals surface area contributed by atoms with E-state index >= 15 is 0 Å². The average molecular weight is 326 g/mol. The highest BCUT2D eigenvalue weighted by Gasteiger charge is 2.16. The first-order valence-corrected chi connectivity index (χ1v) is 9.08. The van der Waals surface area contributed by atoms with Gasteiger partial charge in [-0.25, -0.2) is 0 Å². The zero-order valence-corrected chi connectivity index (χ0v) is 13.9. The molecule has 2 aromatic rings. The molecule has 0 aromatic heterocycles. The number of nitrogens with one attached hydrogen (secondary N) is 2. The average Bonchev–Trinajstić information content (AvgIpc) is 2.62. The van der Waals surface area contributed by atoms with E-state index < -0.39 is 0 Å². The molecule has 0 bridgehead atoms. The van der Waals surface area contributed by atoms with Crippen molar-refractivity contribution in [3.63, 3.8) is 0 Å². The van der Waals surface area contributed by atoms with Crippen molar-refractivity contribution < 1.29 is 4.79 Å². The predicted molar refractivity (Wildman–Crippen MR) is 95.8 cm³/mol. The Hall–Kier alpha value is -1.78. The molecule has 1 atom stereocenters. The minimum Gasteiger partial charge on any atom is -0.348 e. The molecule has 1 amide bonds. The van der Waals surface area contributed by atoms with Crippen LogP contribution in [0, 0.1) is 0 Å². The van der Waals surface area contributed by atoms with Crippen molar-refractivity contribution in [3.05, 3.63) is 65.7 Å².